The summed E-state index contributed by atoms with van der Waals surface area (Å²) in [6, 6.07) is 5.50. The molecule has 1 aliphatic rings. The van der Waals surface area contributed by atoms with Crippen molar-refractivity contribution >= 4 is 17.7 Å². The molecule has 22 heavy (non-hydrogen) atoms. The molecule has 1 aliphatic heterocycles. The average Bonchev–Trinajstić information content (AvgIpc) is 2.52. The van der Waals surface area contributed by atoms with Crippen LogP contribution in [0.25, 0.3) is 0 Å². The second-order valence-electron chi connectivity index (χ2n) is 4.89. The summed E-state index contributed by atoms with van der Waals surface area (Å²) in [7, 11) is 0. The lowest BCUT2D eigenvalue weighted by Gasteiger charge is -2.32. The number of carboxylic acids is 1. The van der Waals surface area contributed by atoms with E-state index in [0.29, 0.717) is 17.9 Å². The Labute approximate surface area is 127 Å². The molecule has 2 rings (SSSR count). The van der Waals surface area contributed by atoms with Gasteiger partial charge in [-0.05, 0) is 19.1 Å². The van der Waals surface area contributed by atoms with Crippen molar-refractivity contribution in [1.82, 2.24) is 4.90 Å². The standard InChI is InChI=1S/C15H17NO6/c1-10(17)11-3-2-4-12(7-11)22-9-14(18)16-5-6-21-8-13(16)15(19)20/h2-4,7,13H,5-6,8-9H2,1H3,(H,19,20). The van der Waals surface area contributed by atoms with Crippen LogP contribution in [-0.4, -0.2) is 60.1 Å². The van der Waals surface area contributed by atoms with Gasteiger partial charge in [-0.3, -0.25) is 9.59 Å². The Balaban J connectivity index is 1.98. The molecule has 0 radical (unpaired) electrons. The molecule has 7 nitrogen and oxygen atoms in total. The van der Waals surface area contributed by atoms with E-state index >= 15 is 0 Å². The molecule has 1 heterocycles. The van der Waals surface area contributed by atoms with Gasteiger partial charge in [-0.15, -0.1) is 0 Å². The van der Waals surface area contributed by atoms with Gasteiger partial charge in [-0.2, -0.15) is 0 Å². The van der Waals surface area contributed by atoms with Crippen LogP contribution < -0.4 is 4.74 Å². The lowest BCUT2D eigenvalue weighted by molar-refractivity contribution is -0.159. The van der Waals surface area contributed by atoms with E-state index < -0.39 is 17.9 Å². The first-order valence-corrected chi connectivity index (χ1v) is 6.83. The van der Waals surface area contributed by atoms with Gasteiger partial charge in [0.2, 0.25) is 0 Å². The fraction of sp³-hybridized carbons (Fsp3) is 0.400. The SMILES string of the molecule is CC(=O)c1cccc(OCC(=O)N2CCOCC2C(=O)O)c1. The number of carbonyl (C=O) groups is 3. The normalized spacial score (nSPS) is 17.9. The van der Waals surface area contributed by atoms with Crippen molar-refractivity contribution in [1.29, 1.82) is 0 Å². The minimum absolute atomic E-state index is 0.0269. The predicted octanol–water partition coefficient (Wildman–Crippen LogP) is 0.580. The fourth-order valence-corrected chi connectivity index (χ4v) is 2.14. The van der Waals surface area contributed by atoms with Crippen LogP contribution in [-0.2, 0) is 14.3 Å². The van der Waals surface area contributed by atoms with Crippen molar-refractivity contribution in [2.75, 3.05) is 26.4 Å². The zero-order valence-corrected chi connectivity index (χ0v) is 12.2. The van der Waals surface area contributed by atoms with Gasteiger partial charge in [0, 0.05) is 12.1 Å². The Hall–Kier alpha value is -2.41. The van der Waals surface area contributed by atoms with E-state index in [1.165, 1.54) is 11.8 Å². The van der Waals surface area contributed by atoms with Gasteiger partial charge in [0.25, 0.3) is 5.91 Å². The zero-order chi connectivity index (χ0) is 16.1. The van der Waals surface area contributed by atoms with Crippen LogP contribution in [0.5, 0.6) is 5.75 Å². The Bertz CT molecular complexity index is 585. The van der Waals surface area contributed by atoms with Gasteiger partial charge < -0.3 is 19.5 Å². The number of amides is 1. The molecule has 1 amide bonds. The number of aliphatic carboxylic acids is 1. The molecular weight excluding hydrogens is 290 g/mol. The van der Waals surface area contributed by atoms with Crippen LogP contribution in [0.3, 0.4) is 0 Å². The topological polar surface area (TPSA) is 93.1 Å². The van der Waals surface area contributed by atoms with Gasteiger partial charge in [0.1, 0.15) is 5.75 Å². The maximum atomic E-state index is 12.1. The molecule has 0 bridgehead atoms. The highest BCUT2D eigenvalue weighted by molar-refractivity contribution is 5.94. The minimum atomic E-state index is -1.10. The number of carboxylic acid groups (broad SMARTS) is 1. The molecule has 1 atom stereocenters. The number of nitrogens with zero attached hydrogens (tertiary/aromatic N) is 1. The molecule has 0 spiro atoms. The van der Waals surface area contributed by atoms with Crippen LogP contribution in [0, 0.1) is 0 Å². The van der Waals surface area contributed by atoms with Crippen molar-refractivity contribution in [2.24, 2.45) is 0 Å². The second kappa shape index (κ2) is 7.04. The van der Waals surface area contributed by atoms with E-state index in [1.807, 2.05) is 0 Å². The first-order chi connectivity index (χ1) is 10.5. The first kappa shape index (κ1) is 16.0. The van der Waals surface area contributed by atoms with E-state index in [2.05, 4.69) is 0 Å². The molecule has 7 heteroatoms. The van der Waals surface area contributed by atoms with Gasteiger partial charge in [-0.1, -0.05) is 12.1 Å². The highest BCUT2D eigenvalue weighted by atomic mass is 16.5. The molecule has 1 saturated heterocycles. The molecule has 1 aromatic rings. The van der Waals surface area contributed by atoms with Gasteiger partial charge in [0.15, 0.2) is 18.4 Å². The number of morpholine rings is 1. The first-order valence-electron chi connectivity index (χ1n) is 6.83. The van der Waals surface area contributed by atoms with E-state index in [-0.39, 0.29) is 25.5 Å². The second-order valence-corrected chi connectivity index (χ2v) is 4.89. The quantitative estimate of drug-likeness (QED) is 0.800. The van der Waals surface area contributed by atoms with Crippen LogP contribution >= 0.6 is 0 Å². The monoisotopic (exact) mass is 307 g/mol. The maximum Gasteiger partial charge on any atom is 0.328 e. The zero-order valence-electron chi connectivity index (χ0n) is 12.2. The van der Waals surface area contributed by atoms with Crippen LogP contribution in [0.4, 0.5) is 0 Å². The maximum absolute atomic E-state index is 12.1. The van der Waals surface area contributed by atoms with Crippen LogP contribution in [0.1, 0.15) is 17.3 Å². The summed E-state index contributed by atoms with van der Waals surface area (Å²) in [6.07, 6.45) is 0. The van der Waals surface area contributed by atoms with E-state index in [9.17, 15) is 14.4 Å². The molecule has 0 saturated carbocycles. The number of hydrogen-bond donors (Lipinski definition) is 1. The molecule has 0 aromatic heterocycles. The van der Waals surface area contributed by atoms with Crippen molar-refractivity contribution in [3.63, 3.8) is 0 Å². The van der Waals surface area contributed by atoms with Crippen molar-refractivity contribution in [2.45, 2.75) is 13.0 Å². The smallest absolute Gasteiger partial charge is 0.328 e. The number of Topliss-reactive ketones (excluding diaryl/α,β-unsaturated/α-hetero) is 1. The van der Waals surface area contributed by atoms with E-state index in [1.54, 1.807) is 24.3 Å². The molecule has 118 valence electrons. The predicted molar refractivity (Wildman–Crippen MR) is 75.9 cm³/mol. The number of ether oxygens (including phenoxy) is 2. The Morgan fingerprint density at radius 1 is 1.41 bits per heavy atom. The number of carbonyl (C=O) groups excluding carboxylic acids is 2. The number of hydrogen-bond acceptors (Lipinski definition) is 5. The van der Waals surface area contributed by atoms with Crippen molar-refractivity contribution < 1.29 is 29.0 Å². The summed E-state index contributed by atoms with van der Waals surface area (Å²) in [6.45, 7) is 1.64. The molecular formula is C15H17NO6. The number of benzene rings is 1. The molecule has 1 unspecified atom stereocenters. The van der Waals surface area contributed by atoms with E-state index in [0.717, 1.165) is 0 Å². The van der Waals surface area contributed by atoms with Crippen LogP contribution in [0.15, 0.2) is 24.3 Å². The molecule has 1 aromatic carbocycles. The summed E-state index contributed by atoms with van der Waals surface area (Å²) in [4.78, 5) is 35.8. The summed E-state index contributed by atoms with van der Waals surface area (Å²) in [5.41, 5.74) is 0.486. The Morgan fingerprint density at radius 3 is 2.86 bits per heavy atom. The summed E-state index contributed by atoms with van der Waals surface area (Å²) >= 11 is 0. The van der Waals surface area contributed by atoms with Gasteiger partial charge in [0.05, 0.1) is 13.2 Å². The summed E-state index contributed by atoms with van der Waals surface area (Å²) in [5, 5.41) is 9.09. The van der Waals surface area contributed by atoms with Crippen molar-refractivity contribution in [3.8, 4) is 5.75 Å². The Kier molecular flexibility index (Phi) is 5.11. The third kappa shape index (κ3) is 3.82. The highest BCUT2D eigenvalue weighted by Gasteiger charge is 2.32. The lowest BCUT2D eigenvalue weighted by atomic mass is 10.1. The van der Waals surface area contributed by atoms with Crippen LogP contribution in [0.2, 0.25) is 0 Å². The molecule has 1 N–H and O–H groups in total. The van der Waals surface area contributed by atoms with Gasteiger partial charge in [-0.25, -0.2) is 4.79 Å². The fourth-order valence-electron chi connectivity index (χ4n) is 2.14. The van der Waals surface area contributed by atoms with Gasteiger partial charge >= 0.3 is 5.97 Å². The summed E-state index contributed by atoms with van der Waals surface area (Å²) in [5.74, 6) is -1.24. The largest absolute Gasteiger partial charge is 0.484 e. The molecule has 1 fully saturated rings. The number of rotatable bonds is 5. The minimum Gasteiger partial charge on any atom is -0.484 e. The van der Waals surface area contributed by atoms with E-state index in [4.69, 9.17) is 14.6 Å². The Morgan fingerprint density at radius 2 is 2.18 bits per heavy atom. The number of ketones is 1. The van der Waals surface area contributed by atoms with Crippen molar-refractivity contribution in [3.05, 3.63) is 29.8 Å². The molecule has 0 aliphatic carbocycles. The average molecular weight is 307 g/mol. The lowest BCUT2D eigenvalue weighted by Crippen LogP contribution is -2.53. The third-order valence-electron chi connectivity index (χ3n) is 3.34. The summed E-state index contributed by atoms with van der Waals surface area (Å²) < 4.78 is 10.4. The third-order valence-corrected chi connectivity index (χ3v) is 3.34. The highest BCUT2D eigenvalue weighted by Crippen LogP contribution is 2.15.